The number of hydrogen-bond acceptors (Lipinski definition) is 4. The zero-order chi connectivity index (χ0) is 18.8. The highest BCUT2D eigenvalue weighted by Gasteiger charge is 2.31. The first-order valence-electron chi connectivity index (χ1n) is 8.54. The van der Waals surface area contributed by atoms with Crippen LogP contribution in [0.15, 0.2) is 60.9 Å². The lowest BCUT2D eigenvalue weighted by molar-refractivity contribution is -0.130. The maximum Gasteiger partial charge on any atom is 0.265 e. The van der Waals surface area contributed by atoms with Gasteiger partial charge in [-0.05, 0) is 18.2 Å². The van der Waals surface area contributed by atoms with Gasteiger partial charge in [-0.3, -0.25) is 4.79 Å². The fourth-order valence-electron chi connectivity index (χ4n) is 3.03. The molecule has 1 aromatic heterocycles. The molecule has 1 aliphatic heterocycles. The molecule has 0 radical (unpaired) electrons. The highest BCUT2D eigenvalue weighted by molar-refractivity contribution is 5.82. The molecule has 0 fully saturated rings. The Morgan fingerprint density at radius 3 is 2.70 bits per heavy atom. The second kappa shape index (κ2) is 7.11. The number of rotatable bonds is 4. The zero-order valence-corrected chi connectivity index (χ0v) is 14.6. The molecule has 27 heavy (non-hydrogen) atoms. The van der Waals surface area contributed by atoms with Crippen LogP contribution in [0.1, 0.15) is 17.4 Å². The van der Waals surface area contributed by atoms with Crippen LogP contribution >= 0.6 is 0 Å². The molecule has 2 heterocycles. The highest BCUT2D eigenvalue weighted by Crippen LogP contribution is 2.31. The van der Waals surface area contributed by atoms with Gasteiger partial charge in [-0.15, -0.1) is 0 Å². The summed E-state index contributed by atoms with van der Waals surface area (Å²) >= 11 is 0. The predicted molar refractivity (Wildman–Crippen MR) is 95.9 cm³/mol. The van der Waals surface area contributed by atoms with Crippen molar-refractivity contribution in [1.29, 1.82) is 0 Å². The van der Waals surface area contributed by atoms with Gasteiger partial charge >= 0.3 is 0 Å². The van der Waals surface area contributed by atoms with Crippen LogP contribution in [0.5, 0.6) is 11.5 Å². The molecular formula is C20H18FN3O3. The standard InChI is InChI=1S/C20H18FN3O3/c1-24-11-10-22-19(24)18(13-6-2-3-7-14(13)21)23-20(25)17-12-26-15-8-4-5-9-16(15)27-17/h2-11,17-18H,12H2,1H3,(H,23,25). The van der Waals surface area contributed by atoms with Crippen molar-refractivity contribution in [1.82, 2.24) is 14.9 Å². The van der Waals surface area contributed by atoms with E-state index in [9.17, 15) is 9.18 Å². The Morgan fingerprint density at radius 1 is 1.22 bits per heavy atom. The smallest absolute Gasteiger partial charge is 0.265 e. The van der Waals surface area contributed by atoms with Gasteiger partial charge in [0, 0.05) is 25.0 Å². The van der Waals surface area contributed by atoms with E-state index in [0.717, 1.165) is 0 Å². The molecule has 138 valence electrons. The second-order valence-electron chi connectivity index (χ2n) is 6.22. The first-order valence-corrected chi connectivity index (χ1v) is 8.54. The molecule has 2 atom stereocenters. The normalized spacial score (nSPS) is 16.6. The maximum absolute atomic E-state index is 14.4. The minimum absolute atomic E-state index is 0.0768. The third kappa shape index (κ3) is 3.36. The Balaban J connectivity index is 1.60. The number of carbonyl (C=O) groups excluding carboxylic acids is 1. The summed E-state index contributed by atoms with van der Waals surface area (Å²) in [5.41, 5.74) is 0.331. The van der Waals surface area contributed by atoms with E-state index in [0.29, 0.717) is 22.9 Å². The van der Waals surface area contributed by atoms with Crippen molar-refractivity contribution in [2.45, 2.75) is 12.1 Å². The number of nitrogens with one attached hydrogen (secondary N) is 1. The van der Waals surface area contributed by atoms with Gasteiger partial charge in [0.25, 0.3) is 5.91 Å². The Morgan fingerprint density at radius 2 is 1.96 bits per heavy atom. The van der Waals surface area contributed by atoms with Gasteiger partial charge in [0.05, 0.1) is 0 Å². The number of aryl methyl sites for hydroxylation is 1. The number of ether oxygens (including phenoxy) is 2. The van der Waals surface area contributed by atoms with Gasteiger partial charge in [0.2, 0.25) is 6.10 Å². The van der Waals surface area contributed by atoms with E-state index in [1.807, 2.05) is 6.07 Å². The molecule has 1 aliphatic rings. The predicted octanol–water partition coefficient (Wildman–Crippen LogP) is 2.60. The number of imidazole rings is 1. The third-order valence-electron chi connectivity index (χ3n) is 4.42. The summed E-state index contributed by atoms with van der Waals surface area (Å²) in [4.78, 5) is 17.1. The first-order chi connectivity index (χ1) is 13.1. The third-order valence-corrected chi connectivity index (χ3v) is 4.42. The number of fused-ring (bicyclic) bond motifs is 1. The van der Waals surface area contributed by atoms with Crippen LogP contribution in [-0.4, -0.2) is 28.2 Å². The number of halogens is 1. The molecule has 0 saturated heterocycles. The molecule has 6 nitrogen and oxygen atoms in total. The number of nitrogens with zero attached hydrogens (tertiary/aromatic N) is 2. The molecular weight excluding hydrogens is 349 g/mol. The zero-order valence-electron chi connectivity index (χ0n) is 14.6. The van der Waals surface area contributed by atoms with E-state index >= 15 is 0 Å². The first kappa shape index (κ1) is 17.1. The summed E-state index contributed by atoms with van der Waals surface area (Å²) in [7, 11) is 1.79. The van der Waals surface area contributed by atoms with Crippen LogP contribution < -0.4 is 14.8 Å². The summed E-state index contributed by atoms with van der Waals surface area (Å²) in [5.74, 6) is 0.794. The van der Waals surface area contributed by atoms with Crippen molar-refractivity contribution in [2.75, 3.05) is 6.61 Å². The Bertz CT molecular complexity index is 972. The lowest BCUT2D eigenvalue weighted by Crippen LogP contribution is -2.46. The van der Waals surface area contributed by atoms with E-state index in [2.05, 4.69) is 10.3 Å². The molecule has 0 bridgehead atoms. The van der Waals surface area contributed by atoms with E-state index < -0.39 is 23.9 Å². The van der Waals surface area contributed by atoms with Crippen LogP contribution in [0.4, 0.5) is 4.39 Å². The number of para-hydroxylation sites is 2. The molecule has 4 rings (SSSR count). The van der Waals surface area contributed by atoms with Crippen LogP contribution in [0.3, 0.4) is 0 Å². The van der Waals surface area contributed by atoms with Crippen LogP contribution in [0.25, 0.3) is 0 Å². The molecule has 3 aromatic rings. The van der Waals surface area contributed by atoms with Crippen LogP contribution in [-0.2, 0) is 11.8 Å². The number of carbonyl (C=O) groups is 1. The van der Waals surface area contributed by atoms with Gasteiger partial charge in [-0.1, -0.05) is 30.3 Å². The van der Waals surface area contributed by atoms with Crippen molar-refractivity contribution in [3.8, 4) is 11.5 Å². The fourth-order valence-corrected chi connectivity index (χ4v) is 3.03. The quantitative estimate of drug-likeness (QED) is 0.770. The maximum atomic E-state index is 14.4. The van der Waals surface area contributed by atoms with Gasteiger partial charge in [-0.2, -0.15) is 0 Å². The lowest BCUT2D eigenvalue weighted by atomic mass is 10.0. The summed E-state index contributed by atoms with van der Waals surface area (Å²) in [5, 5.41) is 2.85. The minimum Gasteiger partial charge on any atom is -0.485 e. The van der Waals surface area contributed by atoms with Crippen LogP contribution in [0, 0.1) is 5.82 Å². The number of benzene rings is 2. The lowest BCUT2D eigenvalue weighted by Gasteiger charge is -2.27. The van der Waals surface area contributed by atoms with Crippen molar-refractivity contribution >= 4 is 5.91 Å². The Labute approximate surface area is 155 Å². The molecule has 2 aromatic carbocycles. The van der Waals surface area contributed by atoms with Gasteiger partial charge in [-0.25, -0.2) is 9.37 Å². The largest absolute Gasteiger partial charge is 0.485 e. The van der Waals surface area contributed by atoms with Crippen molar-refractivity contribution in [3.05, 3.63) is 78.1 Å². The summed E-state index contributed by atoms with van der Waals surface area (Å²) in [6.45, 7) is 0.0768. The number of amides is 1. The van der Waals surface area contributed by atoms with E-state index in [1.54, 1.807) is 60.4 Å². The second-order valence-corrected chi connectivity index (χ2v) is 6.22. The average Bonchev–Trinajstić information content (AvgIpc) is 3.12. The topological polar surface area (TPSA) is 65.4 Å². The molecule has 1 N–H and O–H groups in total. The SMILES string of the molecule is Cn1ccnc1C(NC(=O)C1COc2ccccc2O1)c1ccccc1F. The van der Waals surface area contributed by atoms with Crippen LogP contribution in [0.2, 0.25) is 0 Å². The fraction of sp³-hybridized carbons (Fsp3) is 0.200. The average molecular weight is 367 g/mol. The minimum atomic E-state index is -0.838. The number of hydrogen-bond donors (Lipinski definition) is 1. The van der Waals surface area contributed by atoms with E-state index in [-0.39, 0.29) is 6.61 Å². The Kier molecular flexibility index (Phi) is 4.50. The van der Waals surface area contributed by atoms with Crippen molar-refractivity contribution in [2.24, 2.45) is 7.05 Å². The number of aromatic nitrogens is 2. The van der Waals surface area contributed by atoms with Gasteiger partial charge in [0.15, 0.2) is 11.5 Å². The summed E-state index contributed by atoms with van der Waals surface area (Å²) in [6, 6.07) is 12.7. The van der Waals surface area contributed by atoms with E-state index in [1.165, 1.54) is 6.07 Å². The molecule has 2 unspecified atom stereocenters. The Hall–Kier alpha value is -3.35. The highest BCUT2D eigenvalue weighted by atomic mass is 19.1. The molecule has 0 spiro atoms. The molecule has 0 aliphatic carbocycles. The van der Waals surface area contributed by atoms with Crippen molar-refractivity contribution in [3.63, 3.8) is 0 Å². The van der Waals surface area contributed by atoms with Crippen molar-refractivity contribution < 1.29 is 18.7 Å². The van der Waals surface area contributed by atoms with Gasteiger partial charge in [0.1, 0.15) is 24.3 Å². The molecule has 1 amide bonds. The molecule has 0 saturated carbocycles. The monoisotopic (exact) mass is 367 g/mol. The summed E-state index contributed by atoms with van der Waals surface area (Å²) in [6.07, 6.45) is 2.51. The molecule has 7 heteroatoms. The van der Waals surface area contributed by atoms with Gasteiger partial charge < -0.3 is 19.4 Å². The van der Waals surface area contributed by atoms with E-state index in [4.69, 9.17) is 9.47 Å². The summed E-state index contributed by atoms with van der Waals surface area (Å²) < 4.78 is 27.5.